The molecule has 0 aliphatic rings. The molecule has 6 nitrogen and oxygen atoms in total. The number of imidazole rings is 1. The average molecular weight is 385 g/mol. The van der Waals surface area contributed by atoms with E-state index >= 15 is 0 Å². The van der Waals surface area contributed by atoms with Gasteiger partial charge in [-0.1, -0.05) is 17.7 Å². The second kappa shape index (κ2) is 6.85. The maximum absolute atomic E-state index is 13.1. The highest BCUT2D eigenvalue weighted by Crippen LogP contribution is 2.24. The van der Waals surface area contributed by atoms with Crippen LogP contribution >= 0.6 is 11.6 Å². The van der Waals surface area contributed by atoms with Crippen molar-refractivity contribution in [3.05, 3.63) is 82.8 Å². The summed E-state index contributed by atoms with van der Waals surface area (Å²) in [6.07, 6.45) is 3.65. The number of carbonyl (C=O) groups is 1. The Kier molecular flexibility index (Phi) is 4.37. The fraction of sp³-hybridized carbons (Fsp3) is 0.105. The van der Waals surface area contributed by atoms with Crippen LogP contribution in [-0.2, 0) is 11.3 Å². The van der Waals surface area contributed by atoms with Crippen molar-refractivity contribution in [1.82, 2.24) is 19.2 Å². The predicted octanol–water partition coefficient (Wildman–Crippen LogP) is 3.98. The molecular formula is C19H14ClFN4O2. The van der Waals surface area contributed by atoms with Gasteiger partial charge in [-0.2, -0.15) is 5.10 Å². The zero-order chi connectivity index (χ0) is 19.0. The first-order chi connectivity index (χ1) is 13.0. The summed E-state index contributed by atoms with van der Waals surface area (Å²) in [6.45, 7) is 1.67. The minimum absolute atomic E-state index is 0.0119. The van der Waals surface area contributed by atoms with Crippen LogP contribution in [0.15, 0.2) is 54.9 Å². The highest BCUT2D eigenvalue weighted by molar-refractivity contribution is 6.33. The molecule has 0 unspecified atom stereocenters. The van der Waals surface area contributed by atoms with Crippen molar-refractivity contribution in [3.63, 3.8) is 0 Å². The molecule has 136 valence electrons. The number of benzene rings is 1. The van der Waals surface area contributed by atoms with Gasteiger partial charge in [0.15, 0.2) is 0 Å². The SMILES string of the molecule is Cc1nn(-c2ccc(F)cc2)c(Cl)c1C(=O)OCc1cn2ccccc2n1. The summed E-state index contributed by atoms with van der Waals surface area (Å²) < 4.78 is 21.7. The zero-order valence-electron chi connectivity index (χ0n) is 14.3. The third-order valence-electron chi connectivity index (χ3n) is 4.04. The number of aromatic nitrogens is 4. The third-order valence-corrected chi connectivity index (χ3v) is 4.39. The molecule has 1 aromatic carbocycles. The molecule has 0 radical (unpaired) electrons. The van der Waals surface area contributed by atoms with E-state index in [-0.39, 0.29) is 23.1 Å². The Bertz CT molecular complexity index is 1100. The summed E-state index contributed by atoms with van der Waals surface area (Å²) in [5.74, 6) is -0.964. The van der Waals surface area contributed by atoms with Crippen LogP contribution < -0.4 is 0 Å². The van der Waals surface area contributed by atoms with Gasteiger partial charge in [0.1, 0.15) is 28.8 Å². The summed E-state index contributed by atoms with van der Waals surface area (Å²) in [7, 11) is 0. The summed E-state index contributed by atoms with van der Waals surface area (Å²) in [4.78, 5) is 16.9. The monoisotopic (exact) mass is 384 g/mol. The van der Waals surface area contributed by atoms with Crippen LogP contribution in [0.5, 0.6) is 0 Å². The Balaban J connectivity index is 1.55. The molecule has 0 aliphatic heterocycles. The van der Waals surface area contributed by atoms with Gasteiger partial charge in [0, 0.05) is 12.4 Å². The smallest absolute Gasteiger partial charge is 0.343 e. The molecule has 0 aliphatic carbocycles. The fourth-order valence-corrected chi connectivity index (χ4v) is 3.10. The lowest BCUT2D eigenvalue weighted by molar-refractivity contribution is 0.0467. The number of ether oxygens (including phenoxy) is 1. The van der Waals surface area contributed by atoms with Crippen molar-refractivity contribution in [2.75, 3.05) is 0 Å². The molecule has 4 rings (SSSR count). The molecule has 0 atom stereocenters. The Morgan fingerprint density at radius 1 is 1.22 bits per heavy atom. The number of halogens is 2. The predicted molar refractivity (Wildman–Crippen MR) is 97.6 cm³/mol. The highest BCUT2D eigenvalue weighted by Gasteiger charge is 2.22. The first kappa shape index (κ1) is 17.2. The topological polar surface area (TPSA) is 61.4 Å². The molecule has 0 amide bonds. The van der Waals surface area contributed by atoms with Gasteiger partial charge in [0.25, 0.3) is 0 Å². The molecule has 27 heavy (non-hydrogen) atoms. The first-order valence-corrected chi connectivity index (χ1v) is 8.51. The maximum Gasteiger partial charge on any atom is 0.343 e. The van der Waals surface area contributed by atoms with Gasteiger partial charge >= 0.3 is 5.97 Å². The van der Waals surface area contributed by atoms with Crippen molar-refractivity contribution < 1.29 is 13.9 Å². The molecule has 0 bridgehead atoms. The van der Waals surface area contributed by atoms with E-state index < -0.39 is 5.97 Å². The molecule has 4 aromatic rings. The van der Waals surface area contributed by atoms with Gasteiger partial charge in [-0.25, -0.2) is 18.9 Å². The van der Waals surface area contributed by atoms with E-state index in [1.165, 1.54) is 28.9 Å². The standard InChI is InChI=1S/C19H14ClFN4O2/c1-12-17(18(20)25(23-12)15-7-5-13(21)6-8-15)19(26)27-11-14-10-24-9-3-2-4-16(24)22-14/h2-10H,11H2,1H3. The van der Waals surface area contributed by atoms with Gasteiger partial charge in [-0.3, -0.25) is 0 Å². The van der Waals surface area contributed by atoms with Gasteiger partial charge in [0.05, 0.1) is 17.1 Å². The van der Waals surface area contributed by atoms with Crippen molar-refractivity contribution in [2.24, 2.45) is 0 Å². The molecule has 0 saturated carbocycles. The largest absolute Gasteiger partial charge is 0.455 e. The Labute approximate surface area is 158 Å². The molecule has 0 N–H and O–H groups in total. The quantitative estimate of drug-likeness (QED) is 0.499. The van der Waals surface area contributed by atoms with Crippen LogP contribution in [0.2, 0.25) is 5.15 Å². The normalized spacial score (nSPS) is 11.1. The molecule has 0 fully saturated rings. The Morgan fingerprint density at radius 3 is 2.74 bits per heavy atom. The fourth-order valence-electron chi connectivity index (χ4n) is 2.75. The van der Waals surface area contributed by atoms with E-state index in [2.05, 4.69) is 10.1 Å². The number of esters is 1. The summed E-state index contributed by atoms with van der Waals surface area (Å²) in [5, 5.41) is 4.37. The number of hydrogen-bond donors (Lipinski definition) is 0. The van der Waals surface area contributed by atoms with Gasteiger partial charge in [-0.05, 0) is 43.3 Å². The van der Waals surface area contributed by atoms with Crippen LogP contribution in [0.25, 0.3) is 11.3 Å². The van der Waals surface area contributed by atoms with E-state index in [9.17, 15) is 9.18 Å². The van der Waals surface area contributed by atoms with Crippen molar-refractivity contribution in [1.29, 1.82) is 0 Å². The lowest BCUT2D eigenvalue weighted by atomic mass is 10.2. The van der Waals surface area contributed by atoms with Crippen molar-refractivity contribution >= 4 is 23.2 Å². The number of nitrogens with zero attached hydrogens (tertiary/aromatic N) is 4. The van der Waals surface area contributed by atoms with E-state index in [1.54, 1.807) is 13.1 Å². The Morgan fingerprint density at radius 2 is 2.00 bits per heavy atom. The van der Waals surface area contributed by atoms with Crippen molar-refractivity contribution in [3.8, 4) is 5.69 Å². The molecule has 0 saturated heterocycles. The highest BCUT2D eigenvalue weighted by atomic mass is 35.5. The van der Waals surface area contributed by atoms with Crippen LogP contribution in [0.1, 0.15) is 21.7 Å². The van der Waals surface area contributed by atoms with E-state index in [4.69, 9.17) is 16.3 Å². The molecule has 3 aromatic heterocycles. The lowest BCUT2D eigenvalue weighted by Crippen LogP contribution is -2.07. The van der Waals surface area contributed by atoms with Crippen molar-refractivity contribution in [2.45, 2.75) is 13.5 Å². The number of rotatable bonds is 4. The third kappa shape index (κ3) is 3.29. The number of aryl methyl sites for hydroxylation is 1. The van der Waals surface area contributed by atoms with E-state index in [0.29, 0.717) is 17.1 Å². The van der Waals surface area contributed by atoms with Gasteiger partial charge in [0.2, 0.25) is 0 Å². The number of carbonyl (C=O) groups excluding carboxylic acids is 1. The molecule has 3 heterocycles. The van der Waals surface area contributed by atoms with E-state index in [1.807, 2.05) is 28.8 Å². The molecule has 0 spiro atoms. The summed E-state index contributed by atoms with van der Waals surface area (Å²) in [6, 6.07) is 11.3. The van der Waals surface area contributed by atoms with E-state index in [0.717, 1.165) is 5.65 Å². The lowest BCUT2D eigenvalue weighted by Gasteiger charge is -2.04. The minimum atomic E-state index is -0.595. The minimum Gasteiger partial charge on any atom is -0.455 e. The number of pyridine rings is 1. The molecular weight excluding hydrogens is 371 g/mol. The average Bonchev–Trinajstić information content (AvgIpc) is 3.20. The van der Waals surface area contributed by atoms with Gasteiger partial charge < -0.3 is 9.14 Å². The van der Waals surface area contributed by atoms with Crippen LogP contribution in [0.3, 0.4) is 0 Å². The van der Waals surface area contributed by atoms with Crippen LogP contribution in [-0.4, -0.2) is 25.1 Å². The maximum atomic E-state index is 13.1. The summed E-state index contributed by atoms with van der Waals surface area (Å²) >= 11 is 6.33. The Hall–Kier alpha value is -3.19. The second-order valence-electron chi connectivity index (χ2n) is 5.91. The second-order valence-corrected chi connectivity index (χ2v) is 6.27. The summed E-state index contributed by atoms with van der Waals surface area (Å²) in [5.41, 5.74) is 2.52. The van der Waals surface area contributed by atoms with Crippen LogP contribution in [0.4, 0.5) is 4.39 Å². The van der Waals surface area contributed by atoms with Crippen LogP contribution in [0, 0.1) is 12.7 Å². The van der Waals surface area contributed by atoms with Gasteiger partial charge in [-0.15, -0.1) is 0 Å². The zero-order valence-corrected chi connectivity index (χ0v) is 15.0. The number of hydrogen-bond acceptors (Lipinski definition) is 4. The first-order valence-electron chi connectivity index (χ1n) is 8.14. The number of fused-ring (bicyclic) bond motifs is 1. The molecule has 8 heteroatoms.